The number of rotatable bonds is 4. The molecule has 3 aliphatic rings. The normalized spacial score (nSPS) is 24.7. The first-order valence-corrected chi connectivity index (χ1v) is 13.0. The molecule has 186 valence electrons. The van der Waals surface area contributed by atoms with Gasteiger partial charge in [0.05, 0.1) is 40.0 Å². The van der Waals surface area contributed by atoms with Crippen LogP contribution in [0.1, 0.15) is 31.2 Å². The highest BCUT2D eigenvalue weighted by Gasteiger charge is 2.46. The molecule has 6 rings (SSSR count). The van der Waals surface area contributed by atoms with E-state index in [2.05, 4.69) is 21.9 Å². The van der Waals surface area contributed by atoms with E-state index in [4.69, 9.17) is 21.6 Å². The first-order valence-electron chi connectivity index (χ1n) is 12.1. The van der Waals surface area contributed by atoms with E-state index in [0.717, 1.165) is 51.3 Å². The van der Waals surface area contributed by atoms with E-state index in [0.29, 0.717) is 18.7 Å². The number of fused-ring (bicyclic) bond motifs is 2. The predicted octanol–water partition coefficient (Wildman–Crippen LogP) is 4.61. The average Bonchev–Trinajstić information content (AvgIpc) is 3.54. The molecule has 10 heteroatoms. The van der Waals surface area contributed by atoms with Gasteiger partial charge in [0.2, 0.25) is 5.70 Å². The third-order valence-corrected chi connectivity index (χ3v) is 8.09. The Balaban J connectivity index is 1.32. The van der Waals surface area contributed by atoms with Crippen LogP contribution in [0, 0.1) is 11.8 Å². The van der Waals surface area contributed by atoms with Gasteiger partial charge in [-0.1, -0.05) is 18.2 Å². The highest BCUT2D eigenvalue weighted by atomic mass is 32.1. The molecule has 37 heavy (non-hydrogen) atoms. The summed E-state index contributed by atoms with van der Waals surface area (Å²) < 4.78 is 4.53. The number of nitrogens with two attached hydrogens (primary N) is 2. The van der Waals surface area contributed by atoms with Crippen molar-refractivity contribution in [2.45, 2.75) is 25.7 Å². The number of amidine groups is 1. The lowest BCUT2D eigenvalue weighted by molar-refractivity contribution is -0.750. The number of amides is 1. The third kappa shape index (κ3) is 4.18. The average molecular weight is 514 g/mol. The van der Waals surface area contributed by atoms with E-state index >= 15 is 0 Å². The van der Waals surface area contributed by atoms with E-state index in [-0.39, 0.29) is 16.4 Å². The molecule has 0 bridgehead atoms. The third-order valence-electron chi connectivity index (χ3n) is 7.19. The van der Waals surface area contributed by atoms with Gasteiger partial charge in [-0.3, -0.25) is 9.79 Å². The van der Waals surface area contributed by atoms with Gasteiger partial charge >= 0.3 is 12.1 Å². The molecule has 4 N–H and O–H groups in total. The number of benzene rings is 1. The Morgan fingerprint density at radius 3 is 2.65 bits per heavy atom. The molecule has 4 heterocycles. The van der Waals surface area contributed by atoms with Crippen molar-refractivity contribution in [3.8, 4) is 10.6 Å². The number of esters is 1. The summed E-state index contributed by atoms with van der Waals surface area (Å²) in [6.07, 6.45) is 6.83. The molecule has 1 unspecified atom stereocenters. The Labute approximate surface area is 217 Å². The SMILES string of the molecule is NC(=O)OC(=O)C1CCC(C2=C3C=NC=C[N+]3(N)C(c3ccc4ccc(-c5cccs5)nc4c3)=N2)CC1. The lowest BCUT2D eigenvalue weighted by Gasteiger charge is -2.28. The Kier molecular flexibility index (Phi) is 5.79. The fourth-order valence-corrected chi connectivity index (χ4v) is 6.00. The summed E-state index contributed by atoms with van der Waals surface area (Å²) in [6.45, 7) is 0. The van der Waals surface area contributed by atoms with Gasteiger partial charge in [0, 0.05) is 11.3 Å². The molecule has 1 aliphatic carbocycles. The number of primary amides is 1. The van der Waals surface area contributed by atoms with Gasteiger partial charge in [-0.2, -0.15) is 10.8 Å². The number of hydrogen-bond donors (Lipinski definition) is 2. The standard InChI is InChI=1S/C27H24N6O3S/c28-27(35)36-26(34)18-6-4-17(5-7-18)24-22-15-30-11-12-33(22,29)25(32-24)19-8-3-16-9-10-20(31-21(16)14-19)23-2-1-13-37-23/h1-3,8-15,17-18H,4-7,29H2,(H-,28,35)/p+1. The van der Waals surface area contributed by atoms with Crippen molar-refractivity contribution in [2.75, 3.05) is 0 Å². The number of pyridine rings is 1. The number of carbonyl (C=O) groups is 2. The molecule has 1 saturated carbocycles. The van der Waals surface area contributed by atoms with E-state index in [1.54, 1.807) is 23.8 Å². The lowest BCUT2D eigenvalue weighted by atomic mass is 9.80. The predicted molar refractivity (Wildman–Crippen MR) is 142 cm³/mol. The summed E-state index contributed by atoms with van der Waals surface area (Å²) in [5, 5.41) is 3.08. The number of nitrogens with zero attached hydrogens (tertiary/aromatic N) is 4. The summed E-state index contributed by atoms with van der Waals surface area (Å²) >= 11 is 1.66. The van der Waals surface area contributed by atoms with E-state index in [1.807, 2.05) is 41.9 Å². The minimum atomic E-state index is -1.06. The first-order chi connectivity index (χ1) is 17.9. The molecule has 2 aliphatic heterocycles. The van der Waals surface area contributed by atoms with Crippen LogP contribution in [0.2, 0.25) is 0 Å². The Morgan fingerprint density at radius 2 is 1.89 bits per heavy atom. The van der Waals surface area contributed by atoms with Crippen LogP contribution in [0.4, 0.5) is 4.79 Å². The van der Waals surface area contributed by atoms with Crippen molar-refractivity contribution in [3.63, 3.8) is 0 Å². The van der Waals surface area contributed by atoms with Crippen LogP contribution in [0.15, 0.2) is 81.6 Å². The van der Waals surface area contributed by atoms with Crippen molar-refractivity contribution >= 4 is 46.4 Å². The quantitative estimate of drug-likeness (QED) is 0.227. The molecule has 9 nitrogen and oxygen atoms in total. The molecular weight excluding hydrogens is 488 g/mol. The van der Waals surface area contributed by atoms with Gasteiger partial charge < -0.3 is 10.5 Å². The largest absolute Gasteiger partial charge is 0.412 e. The van der Waals surface area contributed by atoms with E-state index in [9.17, 15) is 9.59 Å². The number of thiophene rings is 1. The topological polar surface area (TPSA) is 133 Å². The Bertz CT molecular complexity index is 1530. The molecule has 3 aromatic rings. The van der Waals surface area contributed by atoms with Gasteiger partial charge in [0.1, 0.15) is 11.9 Å². The minimum absolute atomic E-state index is 0.0708. The maximum Gasteiger partial charge on any atom is 0.412 e. The Hall–Kier alpha value is -3.99. The summed E-state index contributed by atoms with van der Waals surface area (Å²) in [5.74, 6) is 6.85. The van der Waals surface area contributed by atoms with Crippen LogP contribution in [0.25, 0.3) is 21.5 Å². The molecule has 0 saturated heterocycles. The highest BCUT2D eigenvalue weighted by Crippen LogP contribution is 2.41. The van der Waals surface area contributed by atoms with Crippen LogP contribution in [-0.2, 0) is 9.53 Å². The molecule has 1 fully saturated rings. The number of quaternary nitrogens is 1. The van der Waals surface area contributed by atoms with Crippen LogP contribution in [0.5, 0.6) is 0 Å². The maximum atomic E-state index is 12.1. The minimum Gasteiger partial charge on any atom is -0.376 e. The van der Waals surface area contributed by atoms with Crippen molar-refractivity contribution in [3.05, 3.63) is 77.2 Å². The molecule has 1 atom stereocenters. The summed E-state index contributed by atoms with van der Waals surface area (Å²) in [6, 6.07) is 14.3. The van der Waals surface area contributed by atoms with Crippen molar-refractivity contribution in [1.29, 1.82) is 0 Å². The van der Waals surface area contributed by atoms with Crippen LogP contribution < -0.4 is 11.6 Å². The van der Waals surface area contributed by atoms with E-state index < -0.39 is 12.1 Å². The second kappa shape index (κ2) is 9.15. The fraction of sp³-hybridized carbons (Fsp3) is 0.222. The lowest BCUT2D eigenvalue weighted by Crippen LogP contribution is -2.53. The molecule has 2 aromatic heterocycles. The highest BCUT2D eigenvalue weighted by molar-refractivity contribution is 7.13. The summed E-state index contributed by atoms with van der Waals surface area (Å²) in [7, 11) is 0. The maximum absolute atomic E-state index is 12.1. The molecule has 1 aromatic carbocycles. The number of carbonyl (C=O) groups excluding carboxylic acids is 2. The fourth-order valence-electron chi connectivity index (χ4n) is 5.31. The van der Waals surface area contributed by atoms with Crippen LogP contribution >= 0.6 is 11.3 Å². The van der Waals surface area contributed by atoms with Crippen molar-refractivity contribution < 1.29 is 18.9 Å². The van der Waals surface area contributed by atoms with Gasteiger partial charge in [-0.25, -0.2) is 9.78 Å². The van der Waals surface area contributed by atoms with Gasteiger partial charge in [-0.05, 0) is 55.3 Å². The first kappa shape index (κ1) is 23.4. The zero-order chi connectivity index (χ0) is 25.6. The van der Waals surface area contributed by atoms with Crippen LogP contribution in [-0.4, -0.2) is 33.7 Å². The van der Waals surface area contributed by atoms with Gasteiger partial charge in [0.25, 0.3) is 5.84 Å². The Morgan fingerprint density at radius 1 is 1.08 bits per heavy atom. The molecule has 0 spiro atoms. The zero-order valence-electron chi connectivity index (χ0n) is 19.9. The van der Waals surface area contributed by atoms with E-state index in [1.165, 1.54) is 0 Å². The number of allylic oxidation sites excluding steroid dienone is 2. The second-order valence-electron chi connectivity index (χ2n) is 9.43. The van der Waals surface area contributed by atoms with Crippen molar-refractivity contribution in [2.24, 2.45) is 33.4 Å². The number of hydrogen-bond acceptors (Lipinski definition) is 8. The number of aromatic nitrogens is 1. The molecule has 1 amide bonds. The van der Waals surface area contributed by atoms with Gasteiger partial charge in [-0.15, -0.1) is 15.9 Å². The molecular formula is C27H25N6O3S+. The van der Waals surface area contributed by atoms with Crippen molar-refractivity contribution in [1.82, 2.24) is 4.98 Å². The zero-order valence-corrected chi connectivity index (χ0v) is 20.7. The number of aliphatic imine (C=N–C) groups is 2. The van der Waals surface area contributed by atoms with Gasteiger partial charge in [0.15, 0.2) is 0 Å². The second-order valence-corrected chi connectivity index (χ2v) is 10.4. The monoisotopic (exact) mass is 513 g/mol. The summed E-state index contributed by atoms with van der Waals surface area (Å²) in [4.78, 5) is 38.5. The van der Waals surface area contributed by atoms with Crippen LogP contribution in [0.3, 0.4) is 0 Å². The molecule has 0 radical (unpaired) electrons. The smallest absolute Gasteiger partial charge is 0.376 e. The number of ether oxygens (including phenoxy) is 1. The summed E-state index contributed by atoms with van der Waals surface area (Å²) in [5.41, 5.74) is 9.40.